The Morgan fingerprint density at radius 1 is 1.42 bits per heavy atom. The van der Waals surface area contributed by atoms with E-state index in [1.165, 1.54) is 0 Å². The molecule has 2 rings (SSSR count). The van der Waals surface area contributed by atoms with Crippen LogP contribution in [0.25, 0.3) is 0 Å². The SMILES string of the molecule is CCc1nn(C2CCS(=O)(=O)C2)c(CC)c1C(=O)O. The fourth-order valence-electron chi connectivity index (χ4n) is 2.62. The summed E-state index contributed by atoms with van der Waals surface area (Å²) in [6.45, 7) is 3.72. The van der Waals surface area contributed by atoms with Crippen LogP contribution in [0.4, 0.5) is 0 Å². The molecule has 106 valence electrons. The first kappa shape index (κ1) is 14.0. The highest BCUT2D eigenvalue weighted by molar-refractivity contribution is 7.91. The molecule has 1 aliphatic heterocycles. The smallest absolute Gasteiger partial charge is 0.339 e. The summed E-state index contributed by atoms with van der Waals surface area (Å²) in [5.74, 6) is -0.769. The molecule has 1 aliphatic rings. The summed E-state index contributed by atoms with van der Waals surface area (Å²) in [7, 11) is -3.01. The third-order valence-corrected chi connectivity index (χ3v) is 5.27. The predicted octanol–water partition coefficient (Wildman–Crippen LogP) is 1.07. The standard InChI is InChI=1S/C12H18N2O4S/c1-3-9-11(12(15)16)10(4-2)14(13-9)8-5-6-19(17,18)7-8/h8H,3-7H2,1-2H3,(H,15,16). The Kier molecular flexibility index (Phi) is 3.66. The summed E-state index contributed by atoms with van der Waals surface area (Å²) >= 11 is 0. The number of carbonyl (C=O) groups is 1. The molecule has 0 aliphatic carbocycles. The monoisotopic (exact) mass is 286 g/mol. The van der Waals surface area contributed by atoms with Gasteiger partial charge in [0.1, 0.15) is 5.56 Å². The zero-order valence-corrected chi connectivity index (χ0v) is 11.9. The van der Waals surface area contributed by atoms with Gasteiger partial charge in [-0.2, -0.15) is 5.10 Å². The van der Waals surface area contributed by atoms with E-state index < -0.39 is 15.8 Å². The maximum absolute atomic E-state index is 11.6. The molecule has 1 unspecified atom stereocenters. The highest BCUT2D eigenvalue weighted by Crippen LogP contribution is 2.27. The van der Waals surface area contributed by atoms with Crippen LogP contribution in [0.2, 0.25) is 0 Å². The molecule has 0 bridgehead atoms. The van der Waals surface area contributed by atoms with Crippen LogP contribution in [0.5, 0.6) is 0 Å². The van der Waals surface area contributed by atoms with Crippen LogP contribution in [0.15, 0.2) is 0 Å². The van der Waals surface area contributed by atoms with Gasteiger partial charge >= 0.3 is 5.97 Å². The highest BCUT2D eigenvalue weighted by atomic mass is 32.2. The van der Waals surface area contributed by atoms with Crippen molar-refractivity contribution in [2.24, 2.45) is 0 Å². The van der Waals surface area contributed by atoms with E-state index in [1.807, 2.05) is 13.8 Å². The quantitative estimate of drug-likeness (QED) is 0.894. The van der Waals surface area contributed by atoms with Crippen molar-refractivity contribution >= 4 is 15.8 Å². The van der Waals surface area contributed by atoms with Crippen molar-refractivity contribution < 1.29 is 18.3 Å². The second-order valence-electron chi connectivity index (χ2n) is 4.78. The molecule has 1 saturated heterocycles. The van der Waals surface area contributed by atoms with E-state index >= 15 is 0 Å². The molecule has 0 aromatic carbocycles. The number of aromatic carboxylic acids is 1. The van der Waals surface area contributed by atoms with Crippen LogP contribution in [0.1, 0.15) is 48.1 Å². The van der Waals surface area contributed by atoms with Crippen LogP contribution < -0.4 is 0 Å². The summed E-state index contributed by atoms with van der Waals surface area (Å²) in [5, 5.41) is 13.6. The topological polar surface area (TPSA) is 89.3 Å². The van der Waals surface area contributed by atoms with Gasteiger partial charge in [-0.3, -0.25) is 4.68 Å². The lowest BCUT2D eigenvalue weighted by atomic mass is 10.1. The number of hydrogen-bond donors (Lipinski definition) is 1. The summed E-state index contributed by atoms with van der Waals surface area (Å²) in [6.07, 6.45) is 1.57. The summed E-state index contributed by atoms with van der Waals surface area (Å²) in [6, 6.07) is -0.224. The molecule has 0 radical (unpaired) electrons. The van der Waals surface area contributed by atoms with Crippen molar-refractivity contribution in [2.45, 2.75) is 39.2 Å². The largest absolute Gasteiger partial charge is 0.478 e. The number of hydrogen-bond acceptors (Lipinski definition) is 4. The van der Waals surface area contributed by atoms with Crippen molar-refractivity contribution in [2.75, 3.05) is 11.5 Å². The number of aryl methyl sites for hydroxylation is 1. The third-order valence-electron chi connectivity index (χ3n) is 3.52. The Morgan fingerprint density at radius 2 is 2.11 bits per heavy atom. The van der Waals surface area contributed by atoms with Gasteiger partial charge in [-0.15, -0.1) is 0 Å². The van der Waals surface area contributed by atoms with E-state index in [0.717, 1.165) is 0 Å². The summed E-state index contributed by atoms with van der Waals surface area (Å²) in [4.78, 5) is 11.3. The van der Waals surface area contributed by atoms with Crippen LogP contribution >= 0.6 is 0 Å². The number of carboxylic acid groups (broad SMARTS) is 1. The first-order chi connectivity index (χ1) is 8.89. The zero-order chi connectivity index (χ0) is 14.2. The second kappa shape index (κ2) is 4.96. The van der Waals surface area contributed by atoms with Gasteiger partial charge in [0.05, 0.1) is 28.9 Å². The predicted molar refractivity (Wildman–Crippen MR) is 70.3 cm³/mol. The average Bonchev–Trinajstić information content (AvgIpc) is 2.88. The maximum atomic E-state index is 11.6. The van der Waals surface area contributed by atoms with E-state index in [4.69, 9.17) is 0 Å². The second-order valence-corrected chi connectivity index (χ2v) is 7.01. The molecule has 1 aromatic rings. The van der Waals surface area contributed by atoms with E-state index in [-0.39, 0.29) is 23.1 Å². The lowest BCUT2D eigenvalue weighted by molar-refractivity contribution is 0.0694. The normalized spacial score (nSPS) is 21.7. The number of nitrogens with zero attached hydrogens (tertiary/aromatic N) is 2. The average molecular weight is 286 g/mol. The van der Waals surface area contributed by atoms with Crippen molar-refractivity contribution in [1.29, 1.82) is 0 Å². The van der Waals surface area contributed by atoms with E-state index in [0.29, 0.717) is 30.7 Å². The van der Waals surface area contributed by atoms with Gasteiger partial charge in [-0.25, -0.2) is 13.2 Å². The van der Waals surface area contributed by atoms with Gasteiger partial charge in [0, 0.05) is 0 Å². The fraction of sp³-hybridized carbons (Fsp3) is 0.667. The minimum Gasteiger partial charge on any atom is -0.478 e. The molecule has 2 heterocycles. The van der Waals surface area contributed by atoms with E-state index in [1.54, 1.807) is 4.68 Å². The molecule has 6 nitrogen and oxygen atoms in total. The minimum atomic E-state index is -3.01. The molecule has 0 saturated carbocycles. The lowest BCUT2D eigenvalue weighted by Crippen LogP contribution is -2.16. The van der Waals surface area contributed by atoms with Crippen LogP contribution in [0, 0.1) is 0 Å². The molecule has 1 N–H and O–H groups in total. The highest BCUT2D eigenvalue weighted by Gasteiger charge is 2.33. The first-order valence-corrected chi connectivity index (χ1v) is 8.25. The molecule has 19 heavy (non-hydrogen) atoms. The first-order valence-electron chi connectivity index (χ1n) is 6.43. The molecule has 1 atom stereocenters. The van der Waals surface area contributed by atoms with Crippen LogP contribution in [-0.4, -0.2) is 40.8 Å². The third kappa shape index (κ3) is 2.51. The molecular weight excluding hydrogens is 268 g/mol. The van der Waals surface area contributed by atoms with E-state index in [2.05, 4.69) is 5.10 Å². The molecule has 1 aromatic heterocycles. The van der Waals surface area contributed by atoms with Crippen molar-refractivity contribution in [3.8, 4) is 0 Å². The number of aromatic nitrogens is 2. The minimum absolute atomic E-state index is 0.0594. The Bertz CT molecular complexity index is 603. The summed E-state index contributed by atoms with van der Waals surface area (Å²) in [5.41, 5.74) is 1.41. The maximum Gasteiger partial charge on any atom is 0.339 e. The Balaban J connectivity index is 2.49. The van der Waals surface area contributed by atoms with Gasteiger partial charge in [0.25, 0.3) is 0 Å². The van der Waals surface area contributed by atoms with Crippen molar-refractivity contribution in [3.05, 3.63) is 17.0 Å². The van der Waals surface area contributed by atoms with Gasteiger partial charge in [0.15, 0.2) is 9.84 Å². The number of sulfone groups is 1. The van der Waals surface area contributed by atoms with Gasteiger partial charge < -0.3 is 5.11 Å². The molecule has 0 amide bonds. The number of rotatable bonds is 4. The molecular formula is C12H18N2O4S. The molecule has 1 fully saturated rings. The Hall–Kier alpha value is -1.37. The van der Waals surface area contributed by atoms with Crippen LogP contribution in [0.3, 0.4) is 0 Å². The Morgan fingerprint density at radius 3 is 2.53 bits per heavy atom. The molecule has 0 spiro atoms. The molecule has 7 heteroatoms. The number of carboxylic acids is 1. The lowest BCUT2D eigenvalue weighted by Gasteiger charge is -2.12. The van der Waals surface area contributed by atoms with Gasteiger partial charge in [-0.1, -0.05) is 13.8 Å². The van der Waals surface area contributed by atoms with Crippen molar-refractivity contribution in [3.63, 3.8) is 0 Å². The summed E-state index contributed by atoms with van der Waals surface area (Å²) < 4.78 is 24.7. The zero-order valence-electron chi connectivity index (χ0n) is 11.1. The van der Waals surface area contributed by atoms with Crippen LogP contribution in [-0.2, 0) is 22.7 Å². The van der Waals surface area contributed by atoms with Crippen molar-refractivity contribution in [1.82, 2.24) is 9.78 Å². The Labute approximate surface area is 112 Å². The van der Waals surface area contributed by atoms with Gasteiger partial charge in [0.2, 0.25) is 0 Å². The van der Waals surface area contributed by atoms with E-state index in [9.17, 15) is 18.3 Å². The van der Waals surface area contributed by atoms with Gasteiger partial charge in [-0.05, 0) is 19.3 Å². The fourth-order valence-corrected chi connectivity index (χ4v) is 4.32.